The van der Waals surface area contributed by atoms with Gasteiger partial charge in [-0.2, -0.15) is 0 Å². The second kappa shape index (κ2) is 7.45. The first kappa shape index (κ1) is 19.7. The van der Waals surface area contributed by atoms with E-state index in [1.165, 1.54) is 17.2 Å². The van der Waals surface area contributed by atoms with Crippen LogP contribution in [0.1, 0.15) is 42.5 Å². The van der Waals surface area contributed by atoms with Crippen molar-refractivity contribution in [3.05, 3.63) is 69.1 Å². The molecule has 2 heterocycles. The maximum Gasteiger partial charge on any atom is 0.344 e. The zero-order chi connectivity index (χ0) is 21.6. The molecule has 0 saturated heterocycles. The molecule has 1 aliphatic carbocycles. The van der Waals surface area contributed by atoms with E-state index in [4.69, 9.17) is 18.6 Å². The second-order valence-corrected chi connectivity index (χ2v) is 8.79. The molecule has 0 spiro atoms. The molecule has 31 heavy (non-hydrogen) atoms. The Labute approximate surface area is 179 Å². The fraction of sp³-hybridized carbons (Fsp3) is 0.360. The van der Waals surface area contributed by atoms with Gasteiger partial charge in [0.25, 0.3) is 0 Å². The standard InChI is InChI=1S/C25H24O6/c1-25(2)12-17-7-4-8-20(24(17)31-25)28-14-23(27)29-13-18-11-22(26)30-21-10-16-6-3-5-15(16)9-19(18)21/h4,7-11H,3,5-6,12-14H2,1-2H3. The number of benzene rings is 2. The SMILES string of the molecule is CC1(C)Cc2cccc(OCC(=O)OCc3cc(=O)oc4cc5c(cc34)CCC5)c2O1. The van der Waals surface area contributed by atoms with E-state index in [2.05, 4.69) is 0 Å². The van der Waals surface area contributed by atoms with Gasteiger partial charge in [0.2, 0.25) is 0 Å². The Balaban J connectivity index is 1.28. The van der Waals surface area contributed by atoms with Crippen molar-refractivity contribution in [2.24, 2.45) is 0 Å². The summed E-state index contributed by atoms with van der Waals surface area (Å²) < 4.78 is 22.4. The zero-order valence-electron chi connectivity index (χ0n) is 17.7. The summed E-state index contributed by atoms with van der Waals surface area (Å²) in [6, 6.07) is 11.0. The third kappa shape index (κ3) is 3.90. The van der Waals surface area contributed by atoms with Crippen LogP contribution in [0.5, 0.6) is 11.5 Å². The predicted molar refractivity (Wildman–Crippen MR) is 115 cm³/mol. The van der Waals surface area contributed by atoms with Crippen molar-refractivity contribution in [2.45, 2.75) is 51.7 Å². The summed E-state index contributed by atoms with van der Waals surface area (Å²) >= 11 is 0. The van der Waals surface area contributed by atoms with Crippen molar-refractivity contribution in [1.82, 2.24) is 0 Å². The summed E-state index contributed by atoms with van der Waals surface area (Å²) in [5.41, 5.74) is 3.98. The number of ether oxygens (including phenoxy) is 3. The second-order valence-electron chi connectivity index (χ2n) is 8.79. The van der Waals surface area contributed by atoms with Gasteiger partial charge in [-0.25, -0.2) is 9.59 Å². The molecule has 0 unspecified atom stereocenters. The van der Waals surface area contributed by atoms with E-state index in [9.17, 15) is 9.59 Å². The van der Waals surface area contributed by atoms with Crippen LogP contribution < -0.4 is 15.1 Å². The largest absolute Gasteiger partial charge is 0.483 e. The quantitative estimate of drug-likeness (QED) is 0.457. The van der Waals surface area contributed by atoms with Gasteiger partial charge in [0, 0.05) is 29.0 Å². The van der Waals surface area contributed by atoms with Crippen LogP contribution in [0.2, 0.25) is 0 Å². The lowest BCUT2D eigenvalue weighted by molar-refractivity contribution is -0.147. The van der Waals surface area contributed by atoms with Gasteiger partial charge in [-0.1, -0.05) is 12.1 Å². The highest BCUT2D eigenvalue weighted by Gasteiger charge is 2.32. The number of esters is 1. The van der Waals surface area contributed by atoms with Gasteiger partial charge in [0.1, 0.15) is 17.8 Å². The maximum atomic E-state index is 12.3. The highest BCUT2D eigenvalue weighted by Crippen LogP contribution is 2.41. The molecular weight excluding hydrogens is 396 g/mol. The molecule has 1 aliphatic heterocycles. The Morgan fingerprint density at radius 2 is 1.90 bits per heavy atom. The lowest BCUT2D eigenvalue weighted by Gasteiger charge is -2.18. The first-order valence-corrected chi connectivity index (χ1v) is 10.6. The van der Waals surface area contributed by atoms with Crippen molar-refractivity contribution in [3.63, 3.8) is 0 Å². The van der Waals surface area contributed by atoms with Crippen molar-refractivity contribution >= 4 is 16.9 Å². The first-order valence-electron chi connectivity index (χ1n) is 10.6. The highest BCUT2D eigenvalue weighted by molar-refractivity contribution is 5.82. The summed E-state index contributed by atoms with van der Waals surface area (Å²) in [7, 11) is 0. The third-order valence-electron chi connectivity index (χ3n) is 5.83. The number of hydrogen-bond acceptors (Lipinski definition) is 6. The molecule has 3 aromatic rings. The Bertz CT molecular complexity index is 1240. The average molecular weight is 420 g/mol. The summed E-state index contributed by atoms with van der Waals surface area (Å²) in [6.45, 7) is 3.77. The van der Waals surface area contributed by atoms with Crippen molar-refractivity contribution in [2.75, 3.05) is 6.61 Å². The number of fused-ring (bicyclic) bond motifs is 3. The Kier molecular flexibility index (Phi) is 4.73. The van der Waals surface area contributed by atoms with E-state index in [0.29, 0.717) is 22.6 Å². The molecule has 6 heteroatoms. The van der Waals surface area contributed by atoms with Gasteiger partial charge in [-0.05, 0) is 62.4 Å². The topological polar surface area (TPSA) is 75.0 Å². The van der Waals surface area contributed by atoms with Gasteiger partial charge < -0.3 is 18.6 Å². The Hall–Kier alpha value is -3.28. The van der Waals surface area contributed by atoms with Gasteiger partial charge >= 0.3 is 11.6 Å². The van der Waals surface area contributed by atoms with Crippen LogP contribution in [0.15, 0.2) is 45.6 Å². The lowest BCUT2D eigenvalue weighted by Crippen LogP contribution is -2.24. The fourth-order valence-corrected chi connectivity index (χ4v) is 4.45. The number of hydrogen-bond donors (Lipinski definition) is 0. The third-order valence-corrected chi connectivity index (χ3v) is 5.83. The highest BCUT2D eigenvalue weighted by atomic mass is 16.6. The summed E-state index contributed by atoms with van der Waals surface area (Å²) in [4.78, 5) is 24.3. The molecule has 160 valence electrons. The molecule has 0 amide bonds. The van der Waals surface area contributed by atoms with Crippen molar-refractivity contribution < 1.29 is 23.4 Å². The van der Waals surface area contributed by atoms with Crippen LogP contribution in [0.4, 0.5) is 0 Å². The Morgan fingerprint density at radius 3 is 2.74 bits per heavy atom. The normalized spacial score (nSPS) is 15.9. The summed E-state index contributed by atoms with van der Waals surface area (Å²) in [5.74, 6) is 0.694. The molecular formula is C25H24O6. The molecule has 0 fully saturated rings. The zero-order valence-corrected chi connectivity index (χ0v) is 17.7. The average Bonchev–Trinajstić information content (AvgIpc) is 3.30. The van der Waals surface area contributed by atoms with E-state index in [0.717, 1.165) is 36.6 Å². The van der Waals surface area contributed by atoms with Crippen LogP contribution >= 0.6 is 0 Å². The Morgan fingerprint density at radius 1 is 1.10 bits per heavy atom. The molecule has 0 radical (unpaired) electrons. The van der Waals surface area contributed by atoms with Gasteiger partial charge in [-0.15, -0.1) is 0 Å². The van der Waals surface area contributed by atoms with E-state index in [1.54, 1.807) is 6.07 Å². The van der Waals surface area contributed by atoms with E-state index in [1.807, 2.05) is 38.1 Å². The molecule has 2 aromatic carbocycles. The number of aryl methyl sites for hydroxylation is 2. The molecule has 0 atom stereocenters. The molecule has 5 rings (SSSR count). The summed E-state index contributed by atoms with van der Waals surface area (Å²) in [6.07, 6.45) is 3.90. The number of para-hydroxylation sites is 1. The monoisotopic (exact) mass is 420 g/mol. The van der Waals surface area contributed by atoms with Crippen LogP contribution in [-0.4, -0.2) is 18.2 Å². The first-order chi connectivity index (χ1) is 14.9. The molecule has 1 aromatic heterocycles. The summed E-state index contributed by atoms with van der Waals surface area (Å²) in [5, 5.41) is 0.811. The van der Waals surface area contributed by atoms with Gasteiger partial charge in [0.15, 0.2) is 18.1 Å². The van der Waals surface area contributed by atoms with Crippen LogP contribution in [0.3, 0.4) is 0 Å². The van der Waals surface area contributed by atoms with E-state index < -0.39 is 11.6 Å². The lowest BCUT2D eigenvalue weighted by atomic mass is 10.0. The van der Waals surface area contributed by atoms with Crippen LogP contribution in [-0.2, 0) is 35.4 Å². The molecule has 6 nitrogen and oxygen atoms in total. The number of rotatable bonds is 5. The molecule has 0 N–H and O–H groups in total. The number of carbonyl (C=O) groups excluding carboxylic acids is 1. The molecule has 0 saturated carbocycles. The minimum absolute atomic E-state index is 0.0144. The van der Waals surface area contributed by atoms with Crippen LogP contribution in [0, 0.1) is 0 Å². The minimum atomic E-state index is -0.516. The molecule has 0 bridgehead atoms. The van der Waals surface area contributed by atoms with Gasteiger partial charge in [0.05, 0.1) is 0 Å². The van der Waals surface area contributed by atoms with Crippen molar-refractivity contribution in [3.8, 4) is 11.5 Å². The van der Waals surface area contributed by atoms with E-state index >= 15 is 0 Å². The van der Waals surface area contributed by atoms with Gasteiger partial charge in [-0.3, -0.25) is 0 Å². The predicted octanol–water partition coefficient (Wildman–Crippen LogP) is 4.12. The van der Waals surface area contributed by atoms with Crippen molar-refractivity contribution in [1.29, 1.82) is 0 Å². The van der Waals surface area contributed by atoms with Crippen LogP contribution in [0.25, 0.3) is 11.0 Å². The molecule has 2 aliphatic rings. The number of carbonyl (C=O) groups is 1. The minimum Gasteiger partial charge on any atom is -0.483 e. The fourth-order valence-electron chi connectivity index (χ4n) is 4.45. The van der Waals surface area contributed by atoms with E-state index in [-0.39, 0.29) is 18.8 Å². The maximum absolute atomic E-state index is 12.3. The smallest absolute Gasteiger partial charge is 0.344 e.